The molecule has 0 radical (unpaired) electrons. The zero-order valence-corrected chi connectivity index (χ0v) is 18.1. The van der Waals surface area contributed by atoms with Crippen molar-refractivity contribution in [2.24, 2.45) is 0 Å². The van der Waals surface area contributed by atoms with Crippen molar-refractivity contribution in [3.63, 3.8) is 0 Å². The van der Waals surface area contributed by atoms with Crippen molar-refractivity contribution in [2.45, 2.75) is 51.7 Å². The first kappa shape index (κ1) is 21.2. The normalized spacial score (nSPS) is 17.7. The fourth-order valence-electron chi connectivity index (χ4n) is 3.74. The minimum atomic E-state index is -3.43. The summed E-state index contributed by atoms with van der Waals surface area (Å²) in [5.74, 6) is 0.556. The van der Waals surface area contributed by atoms with Crippen molar-refractivity contribution in [3.05, 3.63) is 59.2 Å². The number of carbonyl (C=O) groups is 1. The molecule has 3 rings (SSSR count). The molecule has 2 aromatic rings. The van der Waals surface area contributed by atoms with Crippen LogP contribution in [0.25, 0.3) is 0 Å². The molecule has 0 spiro atoms. The van der Waals surface area contributed by atoms with Crippen molar-refractivity contribution in [1.29, 1.82) is 0 Å². The summed E-state index contributed by atoms with van der Waals surface area (Å²) < 4.78 is 32.0. The quantitative estimate of drug-likeness (QED) is 0.740. The van der Waals surface area contributed by atoms with Crippen LogP contribution < -0.4 is 14.8 Å². The lowest BCUT2D eigenvalue weighted by molar-refractivity contribution is 0.0227. The third-order valence-electron chi connectivity index (χ3n) is 5.59. The number of fused-ring (bicyclic) bond motifs is 1. The van der Waals surface area contributed by atoms with Crippen LogP contribution in [-0.4, -0.2) is 26.2 Å². The van der Waals surface area contributed by atoms with Gasteiger partial charge in [-0.25, -0.2) is 8.42 Å². The molecule has 0 fully saturated rings. The van der Waals surface area contributed by atoms with E-state index < -0.39 is 10.0 Å². The van der Waals surface area contributed by atoms with E-state index in [4.69, 9.17) is 4.74 Å². The van der Waals surface area contributed by atoms with Gasteiger partial charge in [-0.15, -0.1) is 0 Å². The van der Waals surface area contributed by atoms with Crippen molar-refractivity contribution < 1.29 is 17.9 Å². The zero-order valence-electron chi connectivity index (χ0n) is 17.3. The Bertz CT molecular complexity index is 1010. The first-order chi connectivity index (χ1) is 13.7. The molecule has 0 saturated heterocycles. The average molecular weight is 417 g/mol. The molecule has 29 heavy (non-hydrogen) atoms. The van der Waals surface area contributed by atoms with Gasteiger partial charge in [0, 0.05) is 17.5 Å². The Morgan fingerprint density at radius 1 is 1.17 bits per heavy atom. The molecular weight excluding hydrogens is 388 g/mol. The number of aryl methyl sites for hydroxylation is 1. The molecule has 156 valence electrons. The van der Waals surface area contributed by atoms with E-state index in [0.717, 1.165) is 36.0 Å². The summed E-state index contributed by atoms with van der Waals surface area (Å²) in [6.07, 6.45) is 3.46. The average Bonchev–Trinajstić information content (AvgIpc) is 2.68. The standard InChI is InChI=1S/C22H28N2O4S/c1-5-22(6-2)14-19(17-9-7-8-10-20(17)28-22)23-21(25)16-12-11-15(3)18(13-16)24-29(4,26)27/h7-13,19,24H,5-6,14H2,1-4H3,(H,23,25). The summed E-state index contributed by atoms with van der Waals surface area (Å²) >= 11 is 0. The predicted octanol–water partition coefficient (Wildman–Crippen LogP) is 4.18. The summed E-state index contributed by atoms with van der Waals surface area (Å²) in [5.41, 5.74) is 2.20. The van der Waals surface area contributed by atoms with E-state index in [0.29, 0.717) is 17.7 Å². The van der Waals surface area contributed by atoms with Crippen LogP contribution >= 0.6 is 0 Å². The molecule has 1 aliphatic rings. The molecule has 6 nitrogen and oxygen atoms in total. The number of amides is 1. The van der Waals surface area contributed by atoms with Gasteiger partial charge in [-0.2, -0.15) is 0 Å². The zero-order chi connectivity index (χ0) is 21.2. The molecule has 1 atom stereocenters. The van der Waals surface area contributed by atoms with E-state index in [9.17, 15) is 13.2 Å². The van der Waals surface area contributed by atoms with Gasteiger partial charge in [-0.3, -0.25) is 9.52 Å². The second-order valence-corrected chi connectivity index (χ2v) is 9.41. The maximum atomic E-state index is 13.0. The number of para-hydroxylation sites is 1. The molecule has 0 bridgehead atoms. The number of nitrogens with one attached hydrogen (secondary N) is 2. The lowest BCUT2D eigenvalue weighted by Gasteiger charge is -2.41. The fourth-order valence-corrected chi connectivity index (χ4v) is 4.36. The van der Waals surface area contributed by atoms with Crippen molar-refractivity contribution in [3.8, 4) is 5.75 Å². The molecule has 2 N–H and O–H groups in total. The lowest BCUT2D eigenvalue weighted by atomic mass is 9.83. The van der Waals surface area contributed by atoms with Crippen LogP contribution in [-0.2, 0) is 10.0 Å². The molecule has 2 aromatic carbocycles. The van der Waals surface area contributed by atoms with Gasteiger partial charge in [0.05, 0.1) is 18.0 Å². The summed E-state index contributed by atoms with van der Waals surface area (Å²) in [7, 11) is -3.43. The predicted molar refractivity (Wildman–Crippen MR) is 115 cm³/mol. The molecule has 1 aliphatic heterocycles. The number of hydrogen-bond acceptors (Lipinski definition) is 4. The fraction of sp³-hybridized carbons (Fsp3) is 0.409. The van der Waals surface area contributed by atoms with Crippen molar-refractivity contribution >= 4 is 21.6 Å². The first-order valence-electron chi connectivity index (χ1n) is 9.83. The van der Waals surface area contributed by atoms with Gasteiger partial charge in [-0.1, -0.05) is 38.1 Å². The Labute approximate surface area is 172 Å². The van der Waals surface area contributed by atoms with Gasteiger partial charge < -0.3 is 10.1 Å². The minimum Gasteiger partial charge on any atom is -0.487 e. The van der Waals surface area contributed by atoms with E-state index in [1.165, 1.54) is 0 Å². The Hall–Kier alpha value is -2.54. The molecular formula is C22H28N2O4S. The van der Waals surface area contributed by atoms with Crippen molar-refractivity contribution in [1.82, 2.24) is 5.32 Å². The second kappa shape index (κ2) is 8.06. The van der Waals surface area contributed by atoms with Gasteiger partial charge in [0.2, 0.25) is 10.0 Å². The summed E-state index contributed by atoms with van der Waals surface area (Å²) in [6, 6.07) is 12.6. The molecule has 1 heterocycles. The molecule has 0 aromatic heterocycles. The van der Waals surface area contributed by atoms with Crippen LogP contribution in [0.5, 0.6) is 5.75 Å². The van der Waals surface area contributed by atoms with E-state index in [1.807, 2.05) is 24.3 Å². The number of anilines is 1. The SMILES string of the molecule is CCC1(CC)CC(NC(=O)c2ccc(C)c(NS(C)(=O)=O)c2)c2ccccc2O1. The second-order valence-electron chi connectivity index (χ2n) is 7.66. The lowest BCUT2D eigenvalue weighted by Crippen LogP contribution is -2.44. The van der Waals surface area contributed by atoms with E-state index in [2.05, 4.69) is 23.9 Å². The van der Waals surface area contributed by atoms with Crippen molar-refractivity contribution in [2.75, 3.05) is 11.0 Å². The van der Waals surface area contributed by atoms with Crippen LogP contribution in [0.1, 0.15) is 60.6 Å². The number of carbonyl (C=O) groups excluding carboxylic acids is 1. The summed E-state index contributed by atoms with van der Waals surface area (Å²) in [6.45, 7) is 5.99. The first-order valence-corrected chi connectivity index (χ1v) is 11.7. The highest BCUT2D eigenvalue weighted by atomic mass is 32.2. The third kappa shape index (κ3) is 4.72. The van der Waals surface area contributed by atoms with E-state index in [1.54, 1.807) is 25.1 Å². The Morgan fingerprint density at radius 2 is 1.86 bits per heavy atom. The molecule has 0 saturated carbocycles. The summed E-state index contributed by atoms with van der Waals surface area (Å²) in [5, 5.41) is 3.13. The number of rotatable bonds is 6. The Balaban J connectivity index is 1.89. The van der Waals surface area contributed by atoms with Gasteiger partial charge in [0.15, 0.2) is 0 Å². The Morgan fingerprint density at radius 3 is 2.52 bits per heavy atom. The smallest absolute Gasteiger partial charge is 0.251 e. The molecule has 7 heteroatoms. The monoisotopic (exact) mass is 416 g/mol. The number of ether oxygens (including phenoxy) is 1. The van der Waals surface area contributed by atoms with Gasteiger partial charge >= 0.3 is 0 Å². The largest absolute Gasteiger partial charge is 0.487 e. The highest BCUT2D eigenvalue weighted by Crippen LogP contribution is 2.42. The highest BCUT2D eigenvalue weighted by molar-refractivity contribution is 7.92. The molecule has 1 amide bonds. The maximum Gasteiger partial charge on any atom is 0.251 e. The van der Waals surface area contributed by atoms with Gasteiger partial charge in [0.1, 0.15) is 11.4 Å². The van der Waals surface area contributed by atoms with E-state index in [-0.39, 0.29) is 17.6 Å². The highest BCUT2D eigenvalue weighted by Gasteiger charge is 2.39. The van der Waals surface area contributed by atoms with Crippen LogP contribution in [0.4, 0.5) is 5.69 Å². The number of hydrogen-bond donors (Lipinski definition) is 2. The number of sulfonamides is 1. The minimum absolute atomic E-state index is 0.181. The van der Waals surface area contributed by atoms with Gasteiger partial charge in [0.25, 0.3) is 5.91 Å². The van der Waals surface area contributed by atoms with Crippen LogP contribution in [0.3, 0.4) is 0 Å². The Kier molecular flexibility index (Phi) is 5.89. The maximum absolute atomic E-state index is 13.0. The molecule has 0 aliphatic carbocycles. The topological polar surface area (TPSA) is 84.5 Å². The van der Waals surface area contributed by atoms with Gasteiger partial charge in [-0.05, 0) is 43.5 Å². The third-order valence-corrected chi connectivity index (χ3v) is 6.18. The number of benzene rings is 2. The van der Waals surface area contributed by atoms with Crippen LogP contribution in [0, 0.1) is 6.92 Å². The van der Waals surface area contributed by atoms with E-state index >= 15 is 0 Å². The summed E-state index contributed by atoms with van der Waals surface area (Å²) in [4.78, 5) is 13.0. The molecule has 1 unspecified atom stereocenters. The van der Waals surface area contributed by atoms with Crippen LogP contribution in [0.15, 0.2) is 42.5 Å². The van der Waals surface area contributed by atoms with Crippen LogP contribution in [0.2, 0.25) is 0 Å².